The molecule has 2 rings (SSSR count). The fourth-order valence-electron chi connectivity index (χ4n) is 1.68. The summed E-state index contributed by atoms with van der Waals surface area (Å²) in [6.07, 6.45) is 7.21. The molecule has 0 unspecified atom stereocenters. The van der Waals surface area contributed by atoms with E-state index < -0.39 is 0 Å². The second kappa shape index (κ2) is 9.97. The van der Waals surface area contributed by atoms with Crippen LogP contribution in [0, 0.1) is 24.1 Å². The monoisotopic (exact) mass is 290 g/mol. The summed E-state index contributed by atoms with van der Waals surface area (Å²) in [5.41, 5.74) is 1.92. The molecule has 0 aliphatic carbocycles. The zero-order valence-electron chi connectivity index (χ0n) is 12.4. The van der Waals surface area contributed by atoms with Crippen LogP contribution in [-0.2, 0) is 9.47 Å². The third kappa shape index (κ3) is 6.55. The van der Waals surface area contributed by atoms with Gasteiger partial charge in [-0.2, -0.15) is 0 Å². The molecule has 0 amide bonds. The predicted octanol–water partition coefficient (Wildman–Crippen LogP) is 3.82. The number of benzene rings is 2. The van der Waals surface area contributed by atoms with E-state index in [1.807, 2.05) is 60.7 Å². The van der Waals surface area contributed by atoms with Crippen molar-refractivity contribution in [3.8, 4) is 24.1 Å². The Hall–Kier alpha value is -2.84. The first kappa shape index (κ1) is 15.5. The summed E-state index contributed by atoms with van der Waals surface area (Å²) < 4.78 is 10.5. The maximum Gasteiger partial charge on any atom is 0.115 e. The molecule has 110 valence electrons. The van der Waals surface area contributed by atoms with Gasteiger partial charge >= 0.3 is 0 Å². The average molecular weight is 290 g/mol. The van der Waals surface area contributed by atoms with Gasteiger partial charge in [-0.05, 0) is 48.9 Å². The second-order valence-electron chi connectivity index (χ2n) is 4.59. The van der Waals surface area contributed by atoms with E-state index in [2.05, 4.69) is 24.1 Å². The van der Waals surface area contributed by atoms with Gasteiger partial charge in [0.15, 0.2) is 0 Å². The Morgan fingerprint density at radius 1 is 0.591 bits per heavy atom. The lowest BCUT2D eigenvalue weighted by Gasteiger charge is -1.98. The molecule has 0 saturated carbocycles. The van der Waals surface area contributed by atoms with E-state index in [0.29, 0.717) is 13.2 Å². The van der Waals surface area contributed by atoms with E-state index >= 15 is 0 Å². The van der Waals surface area contributed by atoms with Crippen molar-refractivity contribution in [1.82, 2.24) is 0 Å². The Bertz CT molecular complexity index is 593. The SMILES string of the molecule is C(#Cc1ccccc1)OCCCCOC#Cc1ccccc1. The van der Waals surface area contributed by atoms with Gasteiger partial charge in [0.1, 0.15) is 25.4 Å². The molecule has 2 aromatic carbocycles. The van der Waals surface area contributed by atoms with Gasteiger partial charge in [-0.3, -0.25) is 0 Å². The van der Waals surface area contributed by atoms with E-state index in [1.165, 1.54) is 0 Å². The highest BCUT2D eigenvalue weighted by Gasteiger charge is 1.88. The van der Waals surface area contributed by atoms with Crippen molar-refractivity contribution in [2.75, 3.05) is 13.2 Å². The van der Waals surface area contributed by atoms with E-state index in [1.54, 1.807) is 0 Å². The van der Waals surface area contributed by atoms with Crippen LogP contribution in [0.25, 0.3) is 0 Å². The summed E-state index contributed by atoms with van der Waals surface area (Å²) >= 11 is 0. The zero-order valence-corrected chi connectivity index (χ0v) is 12.4. The van der Waals surface area contributed by atoms with Gasteiger partial charge in [0.2, 0.25) is 0 Å². The highest BCUT2D eigenvalue weighted by molar-refractivity contribution is 5.32. The third-order valence-corrected chi connectivity index (χ3v) is 2.83. The summed E-state index contributed by atoms with van der Waals surface area (Å²) in [7, 11) is 0. The van der Waals surface area contributed by atoms with Gasteiger partial charge in [0.25, 0.3) is 0 Å². The summed E-state index contributed by atoms with van der Waals surface area (Å²) in [5.74, 6) is 5.90. The topological polar surface area (TPSA) is 18.5 Å². The second-order valence-corrected chi connectivity index (χ2v) is 4.59. The lowest BCUT2D eigenvalue weighted by molar-refractivity contribution is 0.229. The third-order valence-electron chi connectivity index (χ3n) is 2.83. The minimum atomic E-state index is 0.606. The normalized spacial score (nSPS) is 8.91. The number of ether oxygens (including phenoxy) is 2. The Morgan fingerprint density at radius 2 is 1.00 bits per heavy atom. The molecule has 0 atom stereocenters. The molecule has 0 aromatic heterocycles. The van der Waals surface area contributed by atoms with E-state index in [4.69, 9.17) is 9.47 Å². The van der Waals surface area contributed by atoms with Crippen LogP contribution in [0.15, 0.2) is 60.7 Å². The van der Waals surface area contributed by atoms with Crippen molar-refractivity contribution in [2.24, 2.45) is 0 Å². The van der Waals surface area contributed by atoms with Crippen molar-refractivity contribution in [3.05, 3.63) is 71.8 Å². The van der Waals surface area contributed by atoms with Crippen LogP contribution in [0.2, 0.25) is 0 Å². The largest absolute Gasteiger partial charge is 0.446 e. The molecule has 0 saturated heterocycles. The lowest BCUT2D eigenvalue weighted by Crippen LogP contribution is -1.93. The Labute approximate surface area is 132 Å². The van der Waals surface area contributed by atoms with Crippen molar-refractivity contribution in [3.63, 3.8) is 0 Å². The van der Waals surface area contributed by atoms with Crippen molar-refractivity contribution in [2.45, 2.75) is 12.8 Å². The minimum absolute atomic E-state index is 0.606. The maximum absolute atomic E-state index is 5.26. The summed E-state index contributed by atoms with van der Waals surface area (Å²) in [5, 5.41) is 0. The molecule has 2 aromatic rings. The predicted molar refractivity (Wildman–Crippen MR) is 87.8 cm³/mol. The first-order chi connectivity index (χ1) is 10.9. The van der Waals surface area contributed by atoms with E-state index in [-0.39, 0.29) is 0 Å². The number of rotatable bonds is 5. The van der Waals surface area contributed by atoms with Gasteiger partial charge in [-0.1, -0.05) is 36.4 Å². The molecular formula is C20H18O2. The number of unbranched alkanes of at least 4 members (excludes halogenated alkanes) is 1. The first-order valence-electron chi connectivity index (χ1n) is 7.31. The average Bonchev–Trinajstić information content (AvgIpc) is 2.58. The first-order valence-corrected chi connectivity index (χ1v) is 7.31. The molecule has 0 heterocycles. The summed E-state index contributed by atoms with van der Waals surface area (Å²) in [4.78, 5) is 0. The molecule has 0 aliphatic heterocycles. The minimum Gasteiger partial charge on any atom is -0.446 e. The van der Waals surface area contributed by atoms with E-state index in [0.717, 1.165) is 24.0 Å². The van der Waals surface area contributed by atoms with Crippen molar-refractivity contribution in [1.29, 1.82) is 0 Å². The Morgan fingerprint density at radius 3 is 1.41 bits per heavy atom. The fraction of sp³-hybridized carbons (Fsp3) is 0.200. The van der Waals surface area contributed by atoms with Crippen molar-refractivity contribution >= 4 is 0 Å². The molecule has 2 heteroatoms. The highest BCUT2D eigenvalue weighted by Crippen LogP contribution is 1.96. The van der Waals surface area contributed by atoms with Gasteiger partial charge in [-0.25, -0.2) is 0 Å². The van der Waals surface area contributed by atoms with Crippen LogP contribution in [0.5, 0.6) is 0 Å². The maximum atomic E-state index is 5.26. The summed E-state index contributed by atoms with van der Waals surface area (Å²) in [6.45, 7) is 1.21. The molecule has 0 radical (unpaired) electrons. The van der Waals surface area contributed by atoms with Crippen LogP contribution in [0.3, 0.4) is 0 Å². The smallest absolute Gasteiger partial charge is 0.115 e. The standard InChI is InChI=1S/C20H18O2/c1-3-9-19(10-4-1)13-17-21-15-7-8-16-22-18-14-20-11-5-2-6-12-20/h1-6,9-12H,7-8,15-16H2. The van der Waals surface area contributed by atoms with Gasteiger partial charge in [0.05, 0.1) is 0 Å². The highest BCUT2D eigenvalue weighted by atomic mass is 16.5. The number of hydrogen-bond donors (Lipinski definition) is 0. The molecule has 0 N–H and O–H groups in total. The molecule has 0 spiro atoms. The van der Waals surface area contributed by atoms with Crippen LogP contribution in [0.4, 0.5) is 0 Å². The fourth-order valence-corrected chi connectivity index (χ4v) is 1.68. The summed E-state index contributed by atoms with van der Waals surface area (Å²) in [6, 6.07) is 19.6. The van der Waals surface area contributed by atoms with Gasteiger partial charge < -0.3 is 9.47 Å². The zero-order chi connectivity index (χ0) is 15.3. The van der Waals surface area contributed by atoms with E-state index in [9.17, 15) is 0 Å². The Balaban J connectivity index is 1.52. The van der Waals surface area contributed by atoms with Gasteiger partial charge in [-0.15, -0.1) is 0 Å². The van der Waals surface area contributed by atoms with Crippen molar-refractivity contribution < 1.29 is 9.47 Å². The van der Waals surface area contributed by atoms with Crippen LogP contribution >= 0.6 is 0 Å². The van der Waals surface area contributed by atoms with Crippen LogP contribution in [0.1, 0.15) is 24.0 Å². The van der Waals surface area contributed by atoms with Gasteiger partial charge in [0, 0.05) is 11.1 Å². The molecule has 0 fully saturated rings. The van der Waals surface area contributed by atoms with Crippen LogP contribution < -0.4 is 0 Å². The molecule has 22 heavy (non-hydrogen) atoms. The Kier molecular flexibility index (Phi) is 7.05. The quantitative estimate of drug-likeness (QED) is 0.615. The molecular weight excluding hydrogens is 272 g/mol. The lowest BCUT2D eigenvalue weighted by atomic mass is 10.2. The number of hydrogen-bond acceptors (Lipinski definition) is 2. The molecule has 0 aliphatic rings. The molecule has 0 bridgehead atoms. The molecule has 2 nitrogen and oxygen atoms in total. The van der Waals surface area contributed by atoms with Crippen LogP contribution in [-0.4, -0.2) is 13.2 Å².